The minimum absolute atomic E-state index is 0.161. The van der Waals surface area contributed by atoms with Crippen LogP contribution in [0.3, 0.4) is 0 Å². The molecule has 0 fully saturated rings. The molecule has 5 nitrogen and oxygen atoms in total. The smallest absolute Gasteiger partial charge is 0.220 e. The molecule has 5 heteroatoms. The maximum atomic E-state index is 10.8. The van der Waals surface area contributed by atoms with E-state index in [4.69, 9.17) is 5.73 Å². The van der Waals surface area contributed by atoms with Gasteiger partial charge in [-0.15, -0.1) is 0 Å². The summed E-state index contributed by atoms with van der Waals surface area (Å²) in [6, 6.07) is 1.64. The van der Waals surface area contributed by atoms with Crippen LogP contribution in [0.4, 0.5) is 5.95 Å². The molecule has 0 aliphatic carbocycles. The highest BCUT2D eigenvalue weighted by molar-refractivity contribution is 6.05. The van der Waals surface area contributed by atoms with Gasteiger partial charge >= 0.3 is 0 Å². The lowest BCUT2D eigenvalue weighted by molar-refractivity contribution is -0.103. The number of hydrogen-bond donors (Lipinski definition) is 1. The third-order valence-corrected chi connectivity index (χ3v) is 1.49. The Morgan fingerprint density at radius 3 is 2.79 bits per heavy atom. The Morgan fingerprint density at radius 2 is 2.29 bits per heavy atom. The van der Waals surface area contributed by atoms with E-state index in [1.165, 1.54) is 6.20 Å². The lowest BCUT2D eigenvalue weighted by atomic mass is 10.2. The summed E-state index contributed by atoms with van der Waals surface area (Å²) in [4.78, 5) is 20.2. The molecule has 0 saturated carbocycles. The first-order valence-corrected chi connectivity index (χ1v) is 4.06. The molecular weight excluding hydrogens is 180 g/mol. The van der Waals surface area contributed by atoms with E-state index in [1.807, 2.05) is 14.1 Å². The van der Waals surface area contributed by atoms with Crippen molar-refractivity contribution in [1.82, 2.24) is 14.9 Å². The van der Waals surface area contributed by atoms with Crippen molar-refractivity contribution in [3.8, 4) is 0 Å². The van der Waals surface area contributed by atoms with Crippen LogP contribution in [0.1, 0.15) is 5.69 Å². The molecule has 1 aromatic heterocycles. The summed E-state index contributed by atoms with van der Waals surface area (Å²) in [5.41, 5.74) is 6.41. The standard InChI is InChI=1S/C9H12N4O/c1-13(2)5-7(6-14)8-3-4-11-9(10)12-8/h3-6H,1-2H3,(H2,10,11,12). The maximum Gasteiger partial charge on any atom is 0.220 e. The van der Waals surface area contributed by atoms with Crippen molar-refractivity contribution in [3.63, 3.8) is 0 Å². The van der Waals surface area contributed by atoms with Gasteiger partial charge in [-0.1, -0.05) is 0 Å². The zero-order valence-electron chi connectivity index (χ0n) is 8.14. The van der Waals surface area contributed by atoms with Gasteiger partial charge < -0.3 is 10.6 Å². The van der Waals surface area contributed by atoms with Gasteiger partial charge in [0.15, 0.2) is 6.29 Å². The molecule has 0 aliphatic rings. The highest BCUT2D eigenvalue weighted by atomic mass is 16.1. The van der Waals surface area contributed by atoms with Gasteiger partial charge in [0, 0.05) is 26.5 Å². The monoisotopic (exact) mass is 192 g/mol. The fraction of sp³-hybridized carbons (Fsp3) is 0.222. The zero-order chi connectivity index (χ0) is 10.6. The molecule has 1 heterocycles. The van der Waals surface area contributed by atoms with Gasteiger partial charge in [-0.2, -0.15) is 0 Å². The van der Waals surface area contributed by atoms with E-state index in [1.54, 1.807) is 17.2 Å². The van der Waals surface area contributed by atoms with Gasteiger partial charge in [-0.3, -0.25) is 4.79 Å². The predicted octanol–water partition coefficient (Wildman–Crippen LogP) is 0.160. The Bertz CT molecular complexity index is 360. The van der Waals surface area contributed by atoms with E-state index < -0.39 is 0 Å². The Labute approximate surface area is 82.3 Å². The van der Waals surface area contributed by atoms with Gasteiger partial charge in [-0.25, -0.2) is 9.97 Å². The number of carbonyl (C=O) groups excluding carboxylic acids is 1. The molecule has 0 atom stereocenters. The molecule has 0 bridgehead atoms. The molecule has 74 valence electrons. The first-order valence-electron chi connectivity index (χ1n) is 4.06. The van der Waals surface area contributed by atoms with Crippen LogP contribution in [0.5, 0.6) is 0 Å². The molecule has 14 heavy (non-hydrogen) atoms. The number of carbonyl (C=O) groups is 1. The summed E-state index contributed by atoms with van der Waals surface area (Å²) in [6.07, 6.45) is 3.93. The summed E-state index contributed by atoms with van der Waals surface area (Å²) in [6.45, 7) is 0. The van der Waals surface area contributed by atoms with E-state index in [0.29, 0.717) is 11.3 Å². The third-order valence-electron chi connectivity index (χ3n) is 1.49. The van der Waals surface area contributed by atoms with Crippen LogP contribution < -0.4 is 5.73 Å². The number of anilines is 1. The second-order valence-electron chi connectivity index (χ2n) is 2.97. The average molecular weight is 192 g/mol. The van der Waals surface area contributed by atoms with E-state index in [9.17, 15) is 4.79 Å². The summed E-state index contributed by atoms with van der Waals surface area (Å²) in [5, 5.41) is 0. The van der Waals surface area contributed by atoms with Crippen molar-refractivity contribution in [1.29, 1.82) is 0 Å². The quantitative estimate of drug-likeness (QED) is 0.545. The lowest BCUT2D eigenvalue weighted by Crippen LogP contribution is -2.05. The van der Waals surface area contributed by atoms with Crippen LogP contribution in [-0.4, -0.2) is 35.2 Å². The Kier molecular flexibility index (Phi) is 3.17. The van der Waals surface area contributed by atoms with Crippen LogP contribution in [0.2, 0.25) is 0 Å². The van der Waals surface area contributed by atoms with Crippen molar-refractivity contribution in [2.75, 3.05) is 19.8 Å². The molecular formula is C9H12N4O. The Hall–Kier alpha value is -1.91. The van der Waals surface area contributed by atoms with Crippen molar-refractivity contribution < 1.29 is 4.79 Å². The topological polar surface area (TPSA) is 72.1 Å². The summed E-state index contributed by atoms with van der Waals surface area (Å²) >= 11 is 0. The number of aldehydes is 1. The van der Waals surface area contributed by atoms with E-state index in [-0.39, 0.29) is 5.95 Å². The van der Waals surface area contributed by atoms with Gasteiger partial charge in [0.05, 0.1) is 11.3 Å². The van der Waals surface area contributed by atoms with Crippen molar-refractivity contribution in [3.05, 3.63) is 24.2 Å². The maximum absolute atomic E-state index is 10.8. The summed E-state index contributed by atoms with van der Waals surface area (Å²) in [5.74, 6) is 0.161. The fourth-order valence-corrected chi connectivity index (χ4v) is 0.970. The normalized spacial score (nSPS) is 11.1. The lowest BCUT2D eigenvalue weighted by Gasteiger charge is -2.06. The van der Waals surface area contributed by atoms with Crippen LogP contribution in [0.15, 0.2) is 18.5 Å². The zero-order valence-corrected chi connectivity index (χ0v) is 8.14. The van der Waals surface area contributed by atoms with Crippen LogP contribution in [0, 0.1) is 0 Å². The summed E-state index contributed by atoms with van der Waals surface area (Å²) < 4.78 is 0. The van der Waals surface area contributed by atoms with Gasteiger partial charge in [0.1, 0.15) is 0 Å². The Morgan fingerprint density at radius 1 is 1.57 bits per heavy atom. The van der Waals surface area contributed by atoms with E-state index in [2.05, 4.69) is 9.97 Å². The first-order chi connectivity index (χ1) is 6.63. The number of nitrogens with zero attached hydrogens (tertiary/aromatic N) is 3. The highest BCUT2D eigenvalue weighted by Crippen LogP contribution is 2.09. The molecule has 0 unspecified atom stereocenters. The predicted molar refractivity (Wildman–Crippen MR) is 54.2 cm³/mol. The van der Waals surface area contributed by atoms with E-state index in [0.717, 1.165) is 6.29 Å². The summed E-state index contributed by atoms with van der Waals surface area (Å²) in [7, 11) is 3.65. The molecule has 0 aromatic carbocycles. The van der Waals surface area contributed by atoms with Gasteiger partial charge in [0.2, 0.25) is 5.95 Å². The number of aromatic nitrogens is 2. The molecule has 0 aliphatic heterocycles. The number of nitrogens with two attached hydrogens (primary N) is 1. The largest absolute Gasteiger partial charge is 0.383 e. The second-order valence-corrected chi connectivity index (χ2v) is 2.97. The Balaban J connectivity index is 3.07. The molecule has 0 amide bonds. The number of hydrogen-bond acceptors (Lipinski definition) is 5. The first kappa shape index (κ1) is 10.2. The average Bonchev–Trinajstić information content (AvgIpc) is 2.14. The minimum atomic E-state index is 0.161. The number of nitrogen functional groups attached to an aromatic ring is 1. The molecule has 0 saturated heterocycles. The van der Waals surface area contributed by atoms with Gasteiger partial charge in [-0.05, 0) is 6.07 Å². The van der Waals surface area contributed by atoms with Gasteiger partial charge in [0.25, 0.3) is 0 Å². The molecule has 1 rings (SSSR count). The van der Waals surface area contributed by atoms with Crippen LogP contribution in [0.25, 0.3) is 5.57 Å². The molecule has 0 radical (unpaired) electrons. The van der Waals surface area contributed by atoms with Crippen molar-refractivity contribution in [2.24, 2.45) is 0 Å². The third kappa shape index (κ3) is 2.55. The van der Waals surface area contributed by atoms with Crippen LogP contribution >= 0.6 is 0 Å². The van der Waals surface area contributed by atoms with E-state index >= 15 is 0 Å². The number of rotatable bonds is 3. The fourth-order valence-electron chi connectivity index (χ4n) is 0.970. The van der Waals surface area contributed by atoms with Crippen LogP contribution in [-0.2, 0) is 4.79 Å². The minimum Gasteiger partial charge on any atom is -0.383 e. The highest BCUT2D eigenvalue weighted by Gasteiger charge is 2.02. The van der Waals surface area contributed by atoms with Crippen molar-refractivity contribution >= 4 is 17.8 Å². The number of allylic oxidation sites excluding steroid dienone is 1. The second kappa shape index (κ2) is 4.36. The molecule has 0 spiro atoms. The SMILES string of the molecule is CN(C)C=C(C=O)c1ccnc(N)n1. The molecule has 1 aromatic rings. The molecule has 2 N–H and O–H groups in total. The van der Waals surface area contributed by atoms with Crippen molar-refractivity contribution in [2.45, 2.75) is 0 Å².